The Morgan fingerprint density at radius 3 is 2.50 bits per heavy atom. The summed E-state index contributed by atoms with van der Waals surface area (Å²) in [5, 5.41) is 0.903. The zero-order valence-corrected chi connectivity index (χ0v) is 17.2. The lowest BCUT2D eigenvalue weighted by molar-refractivity contribution is -0.145. The first kappa shape index (κ1) is 20.3. The number of aryl methyl sites for hydroxylation is 1. The van der Waals surface area contributed by atoms with Crippen molar-refractivity contribution in [3.05, 3.63) is 41.2 Å². The topological polar surface area (TPSA) is 75.6 Å². The quantitative estimate of drug-likeness (QED) is 0.662. The van der Waals surface area contributed by atoms with Crippen molar-refractivity contribution >= 4 is 28.5 Å². The highest BCUT2D eigenvalue weighted by molar-refractivity contribution is 7.09. The Balaban J connectivity index is 1.47. The highest BCUT2D eigenvalue weighted by Gasteiger charge is 2.23. The number of hydrogen-bond acceptors (Lipinski definition) is 7. The Bertz CT molecular complexity index is 798. The number of benzene rings is 1. The van der Waals surface area contributed by atoms with Crippen LogP contribution in [-0.4, -0.2) is 58.9 Å². The summed E-state index contributed by atoms with van der Waals surface area (Å²) in [6.07, 6.45) is 1.08. The van der Waals surface area contributed by atoms with Gasteiger partial charge in [-0.25, -0.2) is 4.98 Å². The number of carbonyl (C=O) groups excluding carboxylic acids is 2. The minimum absolute atomic E-state index is 0.00465. The molecule has 0 aliphatic carbocycles. The van der Waals surface area contributed by atoms with Crippen LogP contribution < -0.4 is 4.90 Å². The lowest BCUT2D eigenvalue weighted by atomic mass is 10.1. The molecule has 0 unspecified atom stereocenters. The number of hydrogen-bond donors (Lipinski definition) is 0. The van der Waals surface area contributed by atoms with Gasteiger partial charge in [0.05, 0.1) is 13.0 Å². The van der Waals surface area contributed by atoms with Gasteiger partial charge in [0.25, 0.3) is 0 Å². The fourth-order valence-electron chi connectivity index (χ4n) is 3.08. The molecule has 8 heteroatoms. The van der Waals surface area contributed by atoms with Crippen LogP contribution in [0.1, 0.15) is 36.7 Å². The van der Waals surface area contributed by atoms with E-state index in [1.807, 2.05) is 4.90 Å². The summed E-state index contributed by atoms with van der Waals surface area (Å²) in [6, 6.07) is 8.41. The van der Waals surface area contributed by atoms with Crippen LogP contribution in [-0.2, 0) is 20.7 Å². The monoisotopic (exact) mass is 402 g/mol. The van der Waals surface area contributed by atoms with Crippen LogP contribution in [0.4, 0.5) is 5.13 Å². The summed E-state index contributed by atoms with van der Waals surface area (Å²) in [5.41, 5.74) is 2.44. The average molecular weight is 403 g/mol. The summed E-state index contributed by atoms with van der Waals surface area (Å²) in [5.74, 6) is 0.520. The van der Waals surface area contributed by atoms with Gasteiger partial charge in [0.2, 0.25) is 11.0 Å². The number of amides is 1. The number of aromatic nitrogens is 2. The molecule has 7 nitrogen and oxygen atoms in total. The molecule has 0 saturated carbocycles. The number of carbonyl (C=O) groups is 2. The number of rotatable bonds is 7. The van der Waals surface area contributed by atoms with Crippen LogP contribution in [0.15, 0.2) is 24.3 Å². The van der Waals surface area contributed by atoms with Gasteiger partial charge in [-0.2, -0.15) is 4.37 Å². The van der Waals surface area contributed by atoms with Crippen molar-refractivity contribution in [3.8, 4) is 0 Å². The van der Waals surface area contributed by atoms with Gasteiger partial charge in [-0.3, -0.25) is 9.59 Å². The van der Waals surface area contributed by atoms with Crippen molar-refractivity contribution in [2.24, 2.45) is 0 Å². The summed E-state index contributed by atoms with van der Waals surface area (Å²) in [4.78, 5) is 32.3. The number of esters is 1. The molecule has 2 heterocycles. The van der Waals surface area contributed by atoms with Crippen LogP contribution in [0.3, 0.4) is 0 Å². The normalized spacial score (nSPS) is 14.2. The molecule has 0 spiro atoms. The Morgan fingerprint density at radius 2 is 1.82 bits per heavy atom. The van der Waals surface area contributed by atoms with Gasteiger partial charge < -0.3 is 14.5 Å². The largest absolute Gasteiger partial charge is 0.466 e. The maximum Gasteiger partial charge on any atom is 0.306 e. The lowest BCUT2D eigenvalue weighted by Crippen LogP contribution is -2.48. The molecule has 150 valence electrons. The number of ether oxygens (including phenoxy) is 1. The van der Waals surface area contributed by atoms with E-state index in [0.717, 1.165) is 30.5 Å². The van der Waals surface area contributed by atoms with E-state index < -0.39 is 0 Å². The van der Waals surface area contributed by atoms with Crippen molar-refractivity contribution in [1.82, 2.24) is 14.3 Å². The maximum absolute atomic E-state index is 12.3. The van der Waals surface area contributed by atoms with Gasteiger partial charge in [0.1, 0.15) is 5.82 Å². The summed E-state index contributed by atoms with van der Waals surface area (Å²) >= 11 is 1.41. The van der Waals surface area contributed by atoms with Gasteiger partial charge >= 0.3 is 5.97 Å². The first-order valence-electron chi connectivity index (χ1n) is 9.61. The summed E-state index contributed by atoms with van der Waals surface area (Å²) in [6.45, 7) is 6.90. The van der Waals surface area contributed by atoms with Crippen LogP contribution in [0.25, 0.3) is 0 Å². The Labute approximate surface area is 169 Å². The van der Waals surface area contributed by atoms with Crippen molar-refractivity contribution in [3.63, 3.8) is 0 Å². The van der Waals surface area contributed by atoms with Gasteiger partial charge in [-0.15, -0.1) is 0 Å². The van der Waals surface area contributed by atoms with E-state index in [-0.39, 0.29) is 24.7 Å². The smallest absolute Gasteiger partial charge is 0.306 e. The number of nitrogens with zero attached hydrogens (tertiary/aromatic N) is 4. The Hall–Kier alpha value is -2.48. The van der Waals surface area contributed by atoms with Crippen LogP contribution in [0.5, 0.6) is 0 Å². The molecule has 1 aliphatic rings. The minimum atomic E-state index is -0.315. The molecule has 1 aliphatic heterocycles. The summed E-state index contributed by atoms with van der Waals surface area (Å²) in [7, 11) is 0. The highest BCUT2D eigenvalue weighted by Crippen LogP contribution is 2.21. The first-order chi connectivity index (χ1) is 13.5. The fourth-order valence-corrected chi connectivity index (χ4v) is 3.82. The van der Waals surface area contributed by atoms with E-state index in [2.05, 4.69) is 45.4 Å². The SMILES string of the molecule is CCOC(=O)CCC(=O)N1CCN(c2nc(Cc3ccc(C)cc3)ns2)CC1. The molecule has 3 rings (SSSR count). The molecule has 0 radical (unpaired) electrons. The number of piperazine rings is 1. The molecule has 1 aromatic carbocycles. The van der Waals surface area contributed by atoms with Crippen molar-refractivity contribution in [2.75, 3.05) is 37.7 Å². The average Bonchev–Trinajstić information content (AvgIpc) is 3.17. The predicted octanol–water partition coefficient (Wildman–Crippen LogP) is 2.43. The van der Waals surface area contributed by atoms with Gasteiger partial charge in [0, 0.05) is 50.6 Å². The van der Waals surface area contributed by atoms with E-state index in [1.54, 1.807) is 6.92 Å². The van der Waals surface area contributed by atoms with Crippen LogP contribution >= 0.6 is 11.5 Å². The molecule has 1 aromatic heterocycles. The lowest BCUT2D eigenvalue weighted by Gasteiger charge is -2.34. The van der Waals surface area contributed by atoms with Crippen molar-refractivity contribution < 1.29 is 14.3 Å². The van der Waals surface area contributed by atoms with Crippen LogP contribution in [0, 0.1) is 6.92 Å². The third kappa shape index (κ3) is 5.51. The highest BCUT2D eigenvalue weighted by atomic mass is 32.1. The van der Waals surface area contributed by atoms with Crippen LogP contribution in [0.2, 0.25) is 0 Å². The second kappa shape index (κ2) is 9.64. The number of anilines is 1. The van der Waals surface area contributed by atoms with Crippen molar-refractivity contribution in [1.29, 1.82) is 0 Å². The van der Waals surface area contributed by atoms with E-state index in [1.165, 1.54) is 22.7 Å². The molecule has 1 amide bonds. The third-order valence-electron chi connectivity index (χ3n) is 4.69. The predicted molar refractivity (Wildman–Crippen MR) is 109 cm³/mol. The standard InChI is InChI=1S/C20H26N4O3S/c1-3-27-19(26)9-8-18(25)23-10-12-24(13-11-23)20-21-17(22-28-20)14-16-6-4-15(2)5-7-16/h4-7H,3,8-14H2,1-2H3. The second-order valence-electron chi connectivity index (χ2n) is 6.83. The summed E-state index contributed by atoms with van der Waals surface area (Å²) < 4.78 is 9.36. The molecule has 2 aromatic rings. The van der Waals surface area contributed by atoms with Gasteiger partial charge in [0.15, 0.2) is 0 Å². The van der Waals surface area contributed by atoms with E-state index in [0.29, 0.717) is 19.7 Å². The zero-order chi connectivity index (χ0) is 19.9. The molecule has 0 atom stereocenters. The van der Waals surface area contributed by atoms with Gasteiger partial charge in [-0.05, 0) is 19.4 Å². The molecule has 0 bridgehead atoms. The second-order valence-corrected chi connectivity index (χ2v) is 7.56. The van der Waals surface area contributed by atoms with E-state index >= 15 is 0 Å². The Kier molecular flexibility index (Phi) is 6.97. The minimum Gasteiger partial charge on any atom is -0.466 e. The first-order valence-corrected chi connectivity index (χ1v) is 10.4. The molecule has 1 fully saturated rings. The zero-order valence-electron chi connectivity index (χ0n) is 16.4. The Morgan fingerprint density at radius 1 is 1.11 bits per heavy atom. The molecule has 28 heavy (non-hydrogen) atoms. The molecular weight excluding hydrogens is 376 g/mol. The van der Waals surface area contributed by atoms with Gasteiger partial charge in [-0.1, -0.05) is 29.8 Å². The maximum atomic E-state index is 12.3. The van der Waals surface area contributed by atoms with E-state index in [9.17, 15) is 9.59 Å². The molecule has 0 N–H and O–H groups in total. The molecular formula is C20H26N4O3S. The fraction of sp³-hybridized carbons (Fsp3) is 0.500. The van der Waals surface area contributed by atoms with Crippen molar-refractivity contribution in [2.45, 2.75) is 33.1 Å². The molecule has 1 saturated heterocycles. The third-order valence-corrected chi connectivity index (χ3v) is 5.51. The van der Waals surface area contributed by atoms with E-state index in [4.69, 9.17) is 4.74 Å².